The van der Waals surface area contributed by atoms with Crippen LogP contribution in [0.5, 0.6) is 0 Å². The van der Waals surface area contributed by atoms with E-state index in [0.29, 0.717) is 5.82 Å². The van der Waals surface area contributed by atoms with Crippen LogP contribution in [0.15, 0.2) is 24.3 Å². The van der Waals surface area contributed by atoms with Crippen molar-refractivity contribution in [2.24, 2.45) is 5.73 Å². The lowest BCUT2D eigenvalue weighted by molar-refractivity contribution is 0.0996. The second-order valence-electron chi connectivity index (χ2n) is 3.60. The van der Waals surface area contributed by atoms with Gasteiger partial charge in [0.2, 0.25) is 0 Å². The van der Waals surface area contributed by atoms with E-state index in [4.69, 9.17) is 11.0 Å². The Bertz CT molecular complexity index is 622. The SMILES string of the molecule is Cc1ccccc1-c1nc(C#N)c(C(N)=O)[nH]1. The maximum Gasteiger partial charge on any atom is 0.268 e. The molecule has 5 heteroatoms. The quantitative estimate of drug-likeness (QED) is 0.809. The summed E-state index contributed by atoms with van der Waals surface area (Å²) in [5.74, 6) is -0.206. The molecule has 0 aliphatic carbocycles. The van der Waals surface area contributed by atoms with Gasteiger partial charge >= 0.3 is 0 Å². The van der Waals surface area contributed by atoms with Gasteiger partial charge in [-0.2, -0.15) is 5.26 Å². The Labute approximate surface area is 97.9 Å². The molecule has 0 spiro atoms. The molecule has 0 saturated heterocycles. The predicted molar refractivity (Wildman–Crippen MR) is 62.0 cm³/mol. The Morgan fingerprint density at radius 3 is 2.71 bits per heavy atom. The number of imidazole rings is 1. The van der Waals surface area contributed by atoms with Gasteiger partial charge in [-0.1, -0.05) is 24.3 Å². The number of aromatic nitrogens is 2. The molecule has 1 heterocycles. The molecule has 0 bridgehead atoms. The van der Waals surface area contributed by atoms with Crippen LogP contribution >= 0.6 is 0 Å². The number of carbonyl (C=O) groups is 1. The van der Waals surface area contributed by atoms with Crippen molar-refractivity contribution < 1.29 is 4.79 Å². The van der Waals surface area contributed by atoms with Gasteiger partial charge in [0, 0.05) is 5.56 Å². The molecular weight excluding hydrogens is 216 g/mol. The number of H-pyrrole nitrogens is 1. The second-order valence-corrected chi connectivity index (χ2v) is 3.60. The van der Waals surface area contributed by atoms with Gasteiger partial charge in [-0.15, -0.1) is 0 Å². The highest BCUT2D eigenvalue weighted by molar-refractivity contribution is 5.93. The summed E-state index contributed by atoms with van der Waals surface area (Å²) in [6.45, 7) is 1.92. The van der Waals surface area contributed by atoms with Gasteiger partial charge in [-0.05, 0) is 12.5 Å². The molecule has 84 valence electrons. The minimum absolute atomic E-state index is 0.0238. The third-order valence-corrected chi connectivity index (χ3v) is 2.46. The van der Waals surface area contributed by atoms with E-state index in [2.05, 4.69) is 9.97 Å². The maximum atomic E-state index is 11.1. The average Bonchev–Trinajstić information content (AvgIpc) is 2.73. The lowest BCUT2D eigenvalue weighted by Gasteiger charge is -2.00. The normalized spacial score (nSPS) is 9.88. The number of carbonyl (C=O) groups excluding carboxylic acids is 1. The largest absolute Gasteiger partial charge is 0.364 e. The van der Waals surface area contributed by atoms with Gasteiger partial charge in [0.1, 0.15) is 17.6 Å². The molecule has 3 N–H and O–H groups in total. The summed E-state index contributed by atoms with van der Waals surface area (Å²) in [5, 5.41) is 8.86. The van der Waals surface area contributed by atoms with Crippen molar-refractivity contribution in [3.63, 3.8) is 0 Å². The predicted octanol–water partition coefficient (Wildman–Crippen LogP) is 1.36. The molecule has 5 nitrogen and oxygen atoms in total. The lowest BCUT2D eigenvalue weighted by atomic mass is 10.1. The van der Waals surface area contributed by atoms with Crippen LogP contribution in [0.25, 0.3) is 11.4 Å². The molecule has 17 heavy (non-hydrogen) atoms. The lowest BCUT2D eigenvalue weighted by Crippen LogP contribution is -2.13. The fourth-order valence-corrected chi connectivity index (χ4v) is 1.60. The Balaban J connectivity index is 2.59. The minimum Gasteiger partial charge on any atom is -0.364 e. The van der Waals surface area contributed by atoms with Gasteiger partial charge in [0.15, 0.2) is 5.69 Å². The number of hydrogen-bond acceptors (Lipinski definition) is 3. The number of amides is 1. The molecule has 1 aromatic heterocycles. The first-order valence-electron chi connectivity index (χ1n) is 4.99. The number of nitrogens with zero attached hydrogens (tertiary/aromatic N) is 2. The van der Waals surface area contributed by atoms with Gasteiger partial charge in [-0.25, -0.2) is 4.98 Å². The van der Waals surface area contributed by atoms with Gasteiger partial charge in [-0.3, -0.25) is 4.79 Å². The summed E-state index contributed by atoms with van der Waals surface area (Å²) in [6, 6.07) is 9.40. The topological polar surface area (TPSA) is 95.6 Å². The number of hydrogen-bond donors (Lipinski definition) is 2. The van der Waals surface area contributed by atoms with Crippen LogP contribution < -0.4 is 5.73 Å². The molecule has 1 aromatic carbocycles. The number of rotatable bonds is 2. The first-order chi connectivity index (χ1) is 8.13. The van der Waals surface area contributed by atoms with Crippen LogP contribution in [0.2, 0.25) is 0 Å². The van der Waals surface area contributed by atoms with Crippen molar-refractivity contribution in [1.29, 1.82) is 5.26 Å². The zero-order valence-electron chi connectivity index (χ0n) is 9.19. The van der Waals surface area contributed by atoms with Crippen molar-refractivity contribution in [2.75, 3.05) is 0 Å². The van der Waals surface area contributed by atoms with Crippen molar-refractivity contribution in [3.8, 4) is 17.5 Å². The number of nitrogens with one attached hydrogen (secondary N) is 1. The highest BCUT2D eigenvalue weighted by Crippen LogP contribution is 2.21. The molecule has 0 radical (unpaired) electrons. The summed E-state index contributed by atoms with van der Waals surface area (Å²) in [6.07, 6.45) is 0. The number of nitriles is 1. The third kappa shape index (κ3) is 1.88. The van der Waals surface area contributed by atoms with Gasteiger partial charge in [0.05, 0.1) is 0 Å². The van der Waals surface area contributed by atoms with Crippen LogP contribution in [0.3, 0.4) is 0 Å². The molecule has 0 unspecified atom stereocenters. The summed E-state index contributed by atoms with van der Waals surface area (Å²) < 4.78 is 0. The van der Waals surface area contributed by atoms with E-state index < -0.39 is 5.91 Å². The third-order valence-electron chi connectivity index (χ3n) is 2.46. The Kier molecular flexibility index (Phi) is 2.63. The van der Waals surface area contributed by atoms with Crippen LogP contribution in [-0.4, -0.2) is 15.9 Å². The van der Waals surface area contributed by atoms with Crippen molar-refractivity contribution >= 4 is 5.91 Å². The van der Waals surface area contributed by atoms with Crippen LogP contribution in [-0.2, 0) is 0 Å². The fraction of sp³-hybridized carbons (Fsp3) is 0.0833. The standard InChI is InChI=1S/C12H10N4O/c1-7-4-2-3-5-8(7)12-15-9(6-13)10(16-12)11(14)17/h2-5H,1H3,(H2,14,17)(H,15,16). The smallest absolute Gasteiger partial charge is 0.268 e. The van der Waals surface area contributed by atoms with Gasteiger partial charge < -0.3 is 10.7 Å². The van der Waals surface area contributed by atoms with Gasteiger partial charge in [0.25, 0.3) is 5.91 Å². The van der Waals surface area contributed by atoms with E-state index in [-0.39, 0.29) is 11.4 Å². The minimum atomic E-state index is -0.686. The molecule has 0 fully saturated rings. The number of primary amides is 1. The fourth-order valence-electron chi connectivity index (χ4n) is 1.60. The van der Waals surface area contributed by atoms with Crippen molar-refractivity contribution in [2.45, 2.75) is 6.92 Å². The van der Waals surface area contributed by atoms with E-state index >= 15 is 0 Å². The number of nitrogens with two attached hydrogens (primary N) is 1. The molecular formula is C12H10N4O. The highest BCUT2D eigenvalue weighted by atomic mass is 16.1. The Morgan fingerprint density at radius 1 is 1.47 bits per heavy atom. The van der Waals surface area contributed by atoms with E-state index in [1.807, 2.05) is 37.3 Å². The highest BCUT2D eigenvalue weighted by Gasteiger charge is 2.15. The summed E-state index contributed by atoms with van der Waals surface area (Å²) in [4.78, 5) is 18.0. The zero-order valence-corrected chi connectivity index (χ0v) is 9.19. The van der Waals surface area contributed by atoms with E-state index in [9.17, 15) is 4.79 Å². The first kappa shape index (κ1) is 10.9. The Hall–Kier alpha value is -2.61. The Morgan fingerprint density at radius 2 is 2.18 bits per heavy atom. The average molecular weight is 226 g/mol. The molecule has 0 atom stereocenters. The van der Waals surface area contributed by atoms with Crippen molar-refractivity contribution in [1.82, 2.24) is 9.97 Å². The zero-order chi connectivity index (χ0) is 12.4. The monoisotopic (exact) mass is 226 g/mol. The maximum absolute atomic E-state index is 11.1. The number of benzene rings is 1. The summed E-state index contributed by atoms with van der Waals surface area (Å²) >= 11 is 0. The molecule has 1 amide bonds. The summed E-state index contributed by atoms with van der Waals surface area (Å²) in [5.41, 5.74) is 7.07. The van der Waals surface area contributed by atoms with E-state index in [0.717, 1.165) is 11.1 Å². The van der Waals surface area contributed by atoms with Crippen molar-refractivity contribution in [3.05, 3.63) is 41.2 Å². The molecule has 0 aliphatic heterocycles. The van der Waals surface area contributed by atoms with Crippen LogP contribution in [0.4, 0.5) is 0 Å². The first-order valence-corrected chi connectivity index (χ1v) is 4.99. The second kappa shape index (κ2) is 4.10. The van der Waals surface area contributed by atoms with E-state index in [1.54, 1.807) is 0 Å². The summed E-state index contributed by atoms with van der Waals surface area (Å²) in [7, 11) is 0. The molecule has 2 aromatic rings. The molecule has 2 rings (SSSR count). The number of aryl methyl sites for hydroxylation is 1. The molecule has 0 aliphatic rings. The molecule has 0 saturated carbocycles. The number of aromatic amines is 1. The van der Waals surface area contributed by atoms with E-state index in [1.165, 1.54) is 0 Å². The van der Waals surface area contributed by atoms with Crippen LogP contribution in [0.1, 0.15) is 21.7 Å². The van der Waals surface area contributed by atoms with Crippen LogP contribution in [0, 0.1) is 18.3 Å².